The van der Waals surface area contributed by atoms with Crippen LogP contribution in [0, 0.1) is 5.82 Å². The number of carbonyl (C=O) groups excluding carboxylic acids is 1. The molecule has 1 heterocycles. The quantitative estimate of drug-likeness (QED) is 0.512. The number of hydrogen-bond acceptors (Lipinski definition) is 6. The monoisotopic (exact) mass is 492 g/mol. The van der Waals surface area contributed by atoms with Crippen LogP contribution in [0.3, 0.4) is 0 Å². The van der Waals surface area contributed by atoms with E-state index in [1.54, 1.807) is 0 Å². The SMILES string of the molecule is O=C(CN(c1ccc(F)cc1)S(=O)(=O)c1ccc2c(c1)OCCO2)NCCCOC1CCCC1. The lowest BCUT2D eigenvalue weighted by molar-refractivity contribution is -0.119. The second-order valence-electron chi connectivity index (χ2n) is 8.27. The molecule has 1 saturated carbocycles. The molecule has 0 aromatic heterocycles. The summed E-state index contributed by atoms with van der Waals surface area (Å²) in [4.78, 5) is 12.6. The molecular weight excluding hydrogens is 463 g/mol. The Morgan fingerprint density at radius 2 is 1.76 bits per heavy atom. The summed E-state index contributed by atoms with van der Waals surface area (Å²) in [5, 5.41) is 2.75. The lowest BCUT2D eigenvalue weighted by atomic mass is 10.3. The van der Waals surface area contributed by atoms with E-state index in [-0.39, 0.29) is 10.6 Å². The maximum atomic E-state index is 13.5. The Balaban J connectivity index is 1.44. The molecule has 0 saturated heterocycles. The maximum absolute atomic E-state index is 13.5. The number of halogens is 1. The molecule has 1 aliphatic carbocycles. The Bertz CT molecular complexity index is 1090. The number of amides is 1. The number of nitrogens with one attached hydrogen (secondary N) is 1. The van der Waals surface area contributed by atoms with Crippen LogP contribution in [-0.4, -0.2) is 53.3 Å². The van der Waals surface area contributed by atoms with Gasteiger partial charge in [-0.05, 0) is 55.7 Å². The van der Waals surface area contributed by atoms with Gasteiger partial charge < -0.3 is 19.5 Å². The smallest absolute Gasteiger partial charge is 0.264 e. The molecule has 34 heavy (non-hydrogen) atoms. The van der Waals surface area contributed by atoms with Gasteiger partial charge in [-0.3, -0.25) is 9.10 Å². The fraction of sp³-hybridized carbons (Fsp3) is 0.458. The normalized spacial score (nSPS) is 15.8. The standard InChI is InChI=1S/C24H29FN2O6S/c25-18-6-8-19(9-7-18)27(17-24(28)26-12-3-13-31-20-4-1-2-5-20)34(29,30)21-10-11-22-23(16-21)33-15-14-32-22/h6-11,16,20H,1-5,12-15,17H2,(H,26,28). The largest absolute Gasteiger partial charge is 0.486 e. The van der Waals surface area contributed by atoms with Gasteiger partial charge in [0.15, 0.2) is 11.5 Å². The first-order valence-corrected chi connectivity index (χ1v) is 12.9. The van der Waals surface area contributed by atoms with Crippen molar-refractivity contribution >= 4 is 21.6 Å². The Kier molecular flexibility index (Phi) is 7.89. The van der Waals surface area contributed by atoms with Crippen molar-refractivity contribution in [1.82, 2.24) is 5.32 Å². The number of hydrogen-bond donors (Lipinski definition) is 1. The average molecular weight is 493 g/mol. The molecule has 4 rings (SSSR count). The number of benzene rings is 2. The number of sulfonamides is 1. The fourth-order valence-corrected chi connectivity index (χ4v) is 5.46. The van der Waals surface area contributed by atoms with Crippen molar-refractivity contribution in [1.29, 1.82) is 0 Å². The number of anilines is 1. The second kappa shape index (κ2) is 11.1. The van der Waals surface area contributed by atoms with E-state index < -0.39 is 28.3 Å². The third-order valence-corrected chi connectivity index (χ3v) is 7.57. The van der Waals surface area contributed by atoms with Gasteiger partial charge in [0, 0.05) is 19.2 Å². The second-order valence-corrected chi connectivity index (χ2v) is 10.1. The van der Waals surface area contributed by atoms with E-state index >= 15 is 0 Å². The summed E-state index contributed by atoms with van der Waals surface area (Å²) < 4.78 is 58.2. The summed E-state index contributed by atoms with van der Waals surface area (Å²) in [5.74, 6) is -0.201. The zero-order valence-corrected chi connectivity index (χ0v) is 19.7. The minimum Gasteiger partial charge on any atom is -0.486 e. The Morgan fingerprint density at radius 1 is 1.06 bits per heavy atom. The van der Waals surface area contributed by atoms with E-state index in [0.29, 0.717) is 50.4 Å². The molecule has 1 fully saturated rings. The van der Waals surface area contributed by atoms with Crippen LogP contribution in [0.4, 0.5) is 10.1 Å². The molecule has 10 heteroatoms. The zero-order valence-electron chi connectivity index (χ0n) is 18.9. The van der Waals surface area contributed by atoms with E-state index in [1.165, 1.54) is 43.2 Å². The van der Waals surface area contributed by atoms with Crippen LogP contribution < -0.4 is 19.1 Å². The number of nitrogens with zero attached hydrogens (tertiary/aromatic N) is 1. The topological polar surface area (TPSA) is 94.2 Å². The molecule has 0 atom stereocenters. The highest BCUT2D eigenvalue weighted by Crippen LogP contribution is 2.34. The van der Waals surface area contributed by atoms with Crippen LogP contribution in [0.25, 0.3) is 0 Å². The van der Waals surface area contributed by atoms with Gasteiger partial charge in [-0.15, -0.1) is 0 Å². The van der Waals surface area contributed by atoms with Gasteiger partial charge >= 0.3 is 0 Å². The van der Waals surface area contributed by atoms with Gasteiger partial charge in [-0.25, -0.2) is 12.8 Å². The Morgan fingerprint density at radius 3 is 2.50 bits per heavy atom. The van der Waals surface area contributed by atoms with Crippen molar-refractivity contribution < 1.29 is 31.8 Å². The summed E-state index contributed by atoms with van der Waals surface area (Å²) in [7, 11) is -4.15. The van der Waals surface area contributed by atoms with E-state index in [1.807, 2.05) is 0 Å². The number of ether oxygens (including phenoxy) is 3. The summed E-state index contributed by atoms with van der Waals surface area (Å²) in [6.07, 6.45) is 5.48. The van der Waals surface area contributed by atoms with Crippen molar-refractivity contribution in [2.24, 2.45) is 0 Å². The predicted molar refractivity (Wildman–Crippen MR) is 124 cm³/mol. The molecular formula is C24H29FN2O6S. The van der Waals surface area contributed by atoms with Crippen molar-refractivity contribution in [3.8, 4) is 11.5 Å². The molecule has 0 spiro atoms. The zero-order chi connectivity index (χ0) is 24.0. The summed E-state index contributed by atoms with van der Waals surface area (Å²) in [6, 6.07) is 9.26. The van der Waals surface area contributed by atoms with Crippen LogP contribution in [0.5, 0.6) is 11.5 Å². The lowest BCUT2D eigenvalue weighted by Crippen LogP contribution is -2.41. The Hall–Kier alpha value is -2.85. The predicted octanol–water partition coefficient (Wildman–Crippen LogP) is 3.26. The average Bonchev–Trinajstić information content (AvgIpc) is 3.36. The maximum Gasteiger partial charge on any atom is 0.264 e. The number of rotatable bonds is 10. The van der Waals surface area contributed by atoms with Crippen molar-refractivity contribution in [2.45, 2.75) is 43.1 Å². The molecule has 2 aromatic rings. The van der Waals surface area contributed by atoms with E-state index in [9.17, 15) is 17.6 Å². The molecule has 2 aliphatic rings. The molecule has 1 amide bonds. The highest BCUT2D eigenvalue weighted by atomic mass is 32.2. The Labute approximate surface area is 199 Å². The molecule has 184 valence electrons. The highest BCUT2D eigenvalue weighted by molar-refractivity contribution is 7.92. The highest BCUT2D eigenvalue weighted by Gasteiger charge is 2.29. The fourth-order valence-electron chi connectivity index (χ4n) is 4.03. The van der Waals surface area contributed by atoms with Gasteiger partial charge in [-0.2, -0.15) is 0 Å². The number of fused-ring (bicyclic) bond motifs is 1. The molecule has 8 nitrogen and oxygen atoms in total. The first-order chi connectivity index (χ1) is 16.4. The minimum atomic E-state index is -4.15. The van der Waals surface area contributed by atoms with Crippen LogP contribution in [0.15, 0.2) is 47.4 Å². The third-order valence-electron chi connectivity index (χ3n) is 5.80. The van der Waals surface area contributed by atoms with Crippen molar-refractivity contribution in [2.75, 3.05) is 37.2 Å². The third kappa shape index (κ3) is 5.98. The first kappa shape index (κ1) is 24.3. The van der Waals surface area contributed by atoms with Crippen molar-refractivity contribution in [3.63, 3.8) is 0 Å². The minimum absolute atomic E-state index is 0.0566. The van der Waals surface area contributed by atoms with Gasteiger partial charge in [-0.1, -0.05) is 12.8 Å². The van der Waals surface area contributed by atoms with E-state index in [4.69, 9.17) is 14.2 Å². The van der Waals surface area contributed by atoms with Crippen LogP contribution in [0.1, 0.15) is 32.1 Å². The summed E-state index contributed by atoms with van der Waals surface area (Å²) in [5.41, 5.74) is 0.177. The first-order valence-electron chi connectivity index (χ1n) is 11.5. The molecule has 1 N–H and O–H groups in total. The van der Waals surface area contributed by atoms with Gasteiger partial charge in [0.1, 0.15) is 25.6 Å². The van der Waals surface area contributed by atoms with E-state index in [0.717, 1.165) is 29.3 Å². The van der Waals surface area contributed by atoms with E-state index in [2.05, 4.69) is 5.32 Å². The molecule has 1 aliphatic heterocycles. The van der Waals surface area contributed by atoms with Crippen molar-refractivity contribution in [3.05, 3.63) is 48.3 Å². The van der Waals surface area contributed by atoms with Gasteiger partial charge in [0.05, 0.1) is 16.7 Å². The van der Waals surface area contributed by atoms with Gasteiger partial charge in [0.25, 0.3) is 10.0 Å². The number of carbonyl (C=O) groups is 1. The lowest BCUT2D eigenvalue weighted by Gasteiger charge is -2.25. The molecule has 0 bridgehead atoms. The molecule has 2 aromatic carbocycles. The van der Waals surface area contributed by atoms with Crippen LogP contribution >= 0.6 is 0 Å². The van der Waals surface area contributed by atoms with Gasteiger partial charge in [0.2, 0.25) is 5.91 Å². The van der Waals surface area contributed by atoms with Crippen LogP contribution in [-0.2, 0) is 19.6 Å². The molecule has 0 unspecified atom stereocenters. The summed E-state index contributed by atoms with van der Waals surface area (Å²) >= 11 is 0. The molecule has 0 radical (unpaired) electrons. The summed E-state index contributed by atoms with van der Waals surface area (Å²) in [6.45, 7) is 1.15. The van der Waals surface area contributed by atoms with Crippen LogP contribution in [0.2, 0.25) is 0 Å².